The topological polar surface area (TPSA) is 134 Å². The van der Waals surface area contributed by atoms with Gasteiger partial charge < -0.3 is 19.6 Å². The fourth-order valence-electron chi connectivity index (χ4n) is 6.65. The lowest BCUT2D eigenvalue weighted by Gasteiger charge is -2.36. The molecule has 55 heavy (non-hydrogen) atoms. The molecule has 0 radical (unpaired) electrons. The van der Waals surface area contributed by atoms with E-state index in [2.05, 4.69) is 18.6 Å². The molecular formula is C42H46ClN5O6S. The van der Waals surface area contributed by atoms with Crippen molar-refractivity contribution in [1.29, 1.82) is 0 Å². The van der Waals surface area contributed by atoms with Gasteiger partial charge in [0, 0.05) is 31.0 Å². The van der Waals surface area contributed by atoms with Crippen molar-refractivity contribution in [2.75, 3.05) is 24.4 Å². The molecule has 0 spiro atoms. The van der Waals surface area contributed by atoms with Gasteiger partial charge in [-0.2, -0.15) is 5.10 Å². The quantitative estimate of drug-likeness (QED) is 0.110. The number of unbranched alkanes of at least 4 members (excludes halogenated alkanes) is 2. The number of carbonyl (C=O) groups excluding carboxylic acids is 2. The summed E-state index contributed by atoms with van der Waals surface area (Å²) in [7, 11) is -4.12. The number of nitrogens with zero attached hydrogens (tertiary/aromatic N) is 4. The molecule has 0 unspecified atom stereocenters. The van der Waals surface area contributed by atoms with Crippen LogP contribution in [0.25, 0.3) is 5.69 Å². The summed E-state index contributed by atoms with van der Waals surface area (Å²) in [5.41, 5.74) is 3.57. The second-order valence-electron chi connectivity index (χ2n) is 13.7. The van der Waals surface area contributed by atoms with Crippen LogP contribution < -0.4 is 9.46 Å². The van der Waals surface area contributed by atoms with Gasteiger partial charge in [-0.25, -0.2) is 13.1 Å². The number of halogens is 1. The number of hydrogen-bond acceptors (Lipinski definition) is 7. The van der Waals surface area contributed by atoms with E-state index >= 15 is 0 Å². The second kappa shape index (κ2) is 17.5. The van der Waals surface area contributed by atoms with E-state index in [1.165, 1.54) is 30.3 Å². The lowest BCUT2D eigenvalue weighted by molar-refractivity contribution is 0.0544. The van der Waals surface area contributed by atoms with Gasteiger partial charge in [0.15, 0.2) is 5.69 Å². The first kappa shape index (κ1) is 39.5. The highest BCUT2D eigenvalue weighted by atomic mass is 35.5. The number of aliphatic hydroxyl groups is 1. The number of fused-ring (bicyclic) bond motifs is 1. The molecule has 1 aliphatic rings. The van der Waals surface area contributed by atoms with E-state index in [1.54, 1.807) is 52.0 Å². The monoisotopic (exact) mass is 783 g/mol. The van der Waals surface area contributed by atoms with Crippen molar-refractivity contribution in [3.8, 4) is 17.2 Å². The third-order valence-electron chi connectivity index (χ3n) is 9.69. The summed E-state index contributed by atoms with van der Waals surface area (Å²) < 4.78 is 37.4. The molecule has 2 N–H and O–H groups in total. The lowest BCUT2D eigenvalue weighted by Crippen LogP contribution is -2.46. The van der Waals surface area contributed by atoms with Crippen molar-refractivity contribution in [3.63, 3.8) is 0 Å². The predicted octanol–water partition coefficient (Wildman–Crippen LogP) is 8.03. The van der Waals surface area contributed by atoms with E-state index in [0.29, 0.717) is 47.4 Å². The van der Waals surface area contributed by atoms with Crippen LogP contribution in [0.1, 0.15) is 77.2 Å². The minimum absolute atomic E-state index is 0.0225. The Labute approximate surface area is 327 Å². The van der Waals surface area contributed by atoms with Gasteiger partial charge in [-0.15, -0.1) is 0 Å². The average Bonchev–Trinajstić information content (AvgIpc) is 3.58. The molecule has 0 fully saturated rings. The van der Waals surface area contributed by atoms with Crippen LogP contribution in [0.5, 0.6) is 11.5 Å². The van der Waals surface area contributed by atoms with Crippen molar-refractivity contribution < 1.29 is 27.9 Å². The number of benzene rings is 4. The number of para-hydroxylation sites is 1. The Morgan fingerprint density at radius 3 is 2.27 bits per heavy atom. The maximum atomic E-state index is 14.7. The van der Waals surface area contributed by atoms with E-state index in [-0.39, 0.29) is 40.9 Å². The average molecular weight is 784 g/mol. The molecule has 0 aliphatic carbocycles. The summed E-state index contributed by atoms with van der Waals surface area (Å²) in [5, 5.41) is 15.6. The Kier molecular flexibility index (Phi) is 12.6. The molecule has 0 saturated carbocycles. The minimum atomic E-state index is -4.12. The number of aliphatic hydroxyl groups excluding tert-OH is 1. The standard InChI is InChI=1S/C42H46ClN5O6S/c1-4-6-22-46(23-7-5-2)42(51)38-24-29(3)48(44-38)39-21-16-32(26-36(39)41(50)47-27-31-13-9-8-12-30(31)25-33(47)28-49)45-55(52,53)35-19-17-34(18-20-35)54-40-15-11-10-14-37(40)43/h8-21,24,26,33,45,49H,4-7,22-23,25,27-28H2,1-3H3/t33-/m0/s1. The number of aryl methyl sites for hydroxylation is 1. The molecule has 5 aromatic rings. The lowest BCUT2D eigenvalue weighted by atomic mass is 9.93. The number of carbonyl (C=O) groups is 2. The van der Waals surface area contributed by atoms with E-state index in [0.717, 1.165) is 36.8 Å². The number of anilines is 1. The first-order valence-corrected chi connectivity index (χ1v) is 20.4. The third kappa shape index (κ3) is 9.04. The molecule has 4 aromatic carbocycles. The van der Waals surface area contributed by atoms with Crippen LogP contribution in [-0.4, -0.2) is 70.7 Å². The maximum absolute atomic E-state index is 14.7. The molecule has 288 valence electrons. The minimum Gasteiger partial charge on any atom is -0.456 e. The molecular weight excluding hydrogens is 738 g/mol. The van der Waals surface area contributed by atoms with Gasteiger partial charge in [0.25, 0.3) is 21.8 Å². The van der Waals surface area contributed by atoms with Crippen LogP contribution in [-0.2, 0) is 23.0 Å². The SMILES string of the molecule is CCCCN(CCCC)C(=O)c1cc(C)n(-c2ccc(NS(=O)(=O)c3ccc(Oc4ccccc4Cl)cc3)cc2C(=O)N2Cc3ccccc3C[C@H]2CO)n1. The van der Waals surface area contributed by atoms with Crippen LogP contribution in [0.4, 0.5) is 5.69 Å². The zero-order chi connectivity index (χ0) is 39.1. The van der Waals surface area contributed by atoms with Crippen LogP contribution in [0.15, 0.2) is 102 Å². The van der Waals surface area contributed by atoms with Gasteiger partial charge in [0.2, 0.25) is 0 Å². The summed E-state index contributed by atoms with van der Waals surface area (Å²) >= 11 is 6.22. The Balaban J connectivity index is 1.35. The number of sulfonamides is 1. The Morgan fingerprint density at radius 1 is 0.927 bits per heavy atom. The molecule has 6 rings (SSSR count). The van der Waals surface area contributed by atoms with Crippen LogP contribution in [0.2, 0.25) is 5.02 Å². The molecule has 1 aliphatic heterocycles. The summed E-state index contributed by atoms with van der Waals surface area (Å²) in [6.07, 6.45) is 4.10. The molecule has 0 saturated heterocycles. The number of rotatable bonds is 15. The highest BCUT2D eigenvalue weighted by Gasteiger charge is 2.32. The Bertz CT molecular complexity index is 2250. The van der Waals surface area contributed by atoms with Crippen LogP contribution in [0.3, 0.4) is 0 Å². The smallest absolute Gasteiger partial charge is 0.274 e. The molecule has 11 nitrogen and oxygen atoms in total. The number of amides is 2. The van der Waals surface area contributed by atoms with E-state index in [1.807, 2.05) is 36.1 Å². The first-order valence-electron chi connectivity index (χ1n) is 18.6. The summed E-state index contributed by atoms with van der Waals surface area (Å²) in [6.45, 7) is 7.21. The first-order chi connectivity index (χ1) is 26.5. The molecule has 1 aromatic heterocycles. The molecule has 13 heteroatoms. The maximum Gasteiger partial charge on any atom is 0.274 e. The second-order valence-corrected chi connectivity index (χ2v) is 15.8. The summed E-state index contributed by atoms with van der Waals surface area (Å²) in [5.74, 6) is 0.236. The molecule has 1 atom stereocenters. The fourth-order valence-corrected chi connectivity index (χ4v) is 7.88. The van der Waals surface area contributed by atoms with Crippen LogP contribution in [0, 0.1) is 6.92 Å². The van der Waals surface area contributed by atoms with E-state index < -0.39 is 22.0 Å². The van der Waals surface area contributed by atoms with E-state index in [9.17, 15) is 23.1 Å². The Morgan fingerprint density at radius 2 is 1.60 bits per heavy atom. The van der Waals surface area contributed by atoms with Gasteiger partial charge in [-0.1, -0.05) is 74.7 Å². The number of hydrogen-bond donors (Lipinski definition) is 2. The van der Waals surface area contributed by atoms with Crippen molar-refractivity contribution in [1.82, 2.24) is 19.6 Å². The highest BCUT2D eigenvalue weighted by molar-refractivity contribution is 7.92. The number of nitrogens with one attached hydrogen (secondary N) is 1. The molecule has 2 heterocycles. The normalized spacial score (nSPS) is 14.0. The van der Waals surface area contributed by atoms with Crippen molar-refractivity contribution in [2.24, 2.45) is 0 Å². The molecule has 0 bridgehead atoms. The van der Waals surface area contributed by atoms with Crippen molar-refractivity contribution >= 4 is 39.1 Å². The van der Waals surface area contributed by atoms with Gasteiger partial charge in [0.1, 0.15) is 11.5 Å². The van der Waals surface area contributed by atoms with Gasteiger partial charge in [-0.3, -0.25) is 14.3 Å². The zero-order valence-corrected chi connectivity index (χ0v) is 32.8. The van der Waals surface area contributed by atoms with Crippen molar-refractivity contribution in [3.05, 3.63) is 130 Å². The number of aromatic nitrogens is 2. The summed E-state index contributed by atoms with van der Waals surface area (Å²) in [6, 6.07) is 26.5. The molecule has 2 amide bonds. The largest absolute Gasteiger partial charge is 0.456 e. The van der Waals surface area contributed by atoms with Gasteiger partial charge >= 0.3 is 0 Å². The fraction of sp³-hybridized carbons (Fsp3) is 0.310. The van der Waals surface area contributed by atoms with Crippen LogP contribution >= 0.6 is 11.6 Å². The van der Waals surface area contributed by atoms with Gasteiger partial charge in [-0.05, 0) is 98.0 Å². The Hall–Kier alpha value is -5.17. The van der Waals surface area contributed by atoms with Gasteiger partial charge in [0.05, 0.1) is 33.8 Å². The summed E-state index contributed by atoms with van der Waals surface area (Å²) in [4.78, 5) is 31.8. The third-order valence-corrected chi connectivity index (χ3v) is 11.4. The van der Waals surface area contributed by atoms with E-state index in [4.69, 9.17) is 21.4 Å². The van der Waals surface area contributed by atoms with Crippen molar-refractivity contribution in [2.45, 2.75) is 70.4 Å². The number of ether oxygens (including phenoxy) is 1. The predicted molar refractivity (Wildman–Crippen MR) is 214 cm³/mol. The zero-order valence-electron chi connectivity index (χ0n) is 31.2. The highest BCUT2D eigenvalue weighted by Crippen LogP contribution is 2.32.